The van der Waals surface area contributed by atoms with Gasteiger partial charge in [0.25, 0.3) is 5.91 Å². The van der Waals surface area contributed by atoms with Crippen molar-refractivity contribution in [3.8, 4) is 0 Å². The van der Waals surface area contributed by atoms with Gasteiger partial charge in [0, 0.05) is 17.8 Å². The number of thiophene rings is 1. The third-order valence-corrected chi connectivity index (χ3v) is 11.2. The number of benzene rings is 2. The molecule has 3 aromatic rings. The third kappa shape index (κ3) is 5.58. The van der Waals surface area contributed by atoms with Crippen LogP contribution in [0.1, 0.15) is 36.9 Å². The van der Waals surface area contributed by atoms with E-state index < -0.39 is 34.1 Å². The van der Waals surface area contributed by atoms with E-state index in [0.717, 1.165) is 10.1 Å². The molecule has 2 saturated heterocycles. The van der Waals surface area contributed by atoms with Crippen molar-refractivity contribution in [2.45, 2.75) is 49.7 Å². The highest BCUT2D eigenvalue weighted by Crippen LogP contribution is 2.44. The first-order valence-corrected chi connectivity index (χ1v) is 16.2. The minimum Gasteiger partial charge on any atom is -0.340 e. The Labute approximate surface area is 252 Å². The molecule has 218 valence electrons. The fraction of sp³-hybridized carbons (Fsp3) is 0.393. The summed E-state index contributed by atoms with van der Waals surface area (Å²) in [4.78, 5) is 43.3. The zero-order valence-corrected chi connectivity index (χ0v) is 25.8. The SMILES string of the molecule is CC(C)CC(NC(=O)c1cc2ccccc2s1)C(=O)N1C[C@H]2N(C(=O)CNS(=O)(=O)c3cccc(Cl)c3Cl)CC21C. The maximum atomic E-state index is 13.6. The molecule has 3 atom stereocenters. The van der Waals surface area contributed by atoms with Gasteiger partial charge in [-0.1, -0.05) is 61.3 Å². The molecule has 3 amide bonds. The van der Waals surface area contributed by atoms with Gasteiger partial charge < -0.3 is 15.1 Å². The summed E-state index contributed by atoms with van der Waals surface area (Å²) >= 11 is 13.4. The lowest BCUT2D eigenvalue weighted by Crippen LogP contribution is -2.88. The molecule has 2 aromatic carbocycles. The summed E-state index contributed by atoms with van der Waals surface area (Å²) in [6, 6.07) is 12.9. The maximum absolute atomic E-state index is 13.6. The van der Waals surface area contributed by atoms with Gasteiger partial charge in [-0.05, 0) is 48.9 Å². The van der Waals surface area contributed by atoms with Crippen LogP contribution in [0, 0.1) is 5.92 Å². The second-order valence-electron chi connectivity index (χ2n) is 11.0. The van der Waals surface area contributed by atoms with E-state index in [1.165, 1.54) is 29.5 Å². The van der Waals surface area contributed by atoms with Crippen molar-refractivity contribution >= 4 is 72.4 Å². The minimum absolute atomic E-state index is 0.0920. The van der Waals surface area contributed by atoms with Crippen LogP contribution in [0.5, 0.6) is 0 Å². The molecule has 0 bridgehead atoms. The fourth-order valence-electron chi connectivity index (χ4n) is 5.45. The zero-order chi connectivity index (χ0) is 29.7. The maximum Gasteiger partial charge on any atom is 0.262 e. The number of nitrogens with zero attached hydrogens (tertiary/aromatic N) is 2. The van der Waals surface area contributed by atoms with Crippen LogP contribution < -0.4 is 10.0 Å². The van der Waals surface area contributed by atoms with Crippen LogP contribution in [0.3, 0.4) is 0 Å². The van der Waals surface area contributed by atoms with E-state index in [2.05, 4.69) is 10.0 Å². The Bertz CT molecular complexity index is 1610. The van der Waals surface area contributed by atoms with Gasteiger partial charge in [0.05, 0.1) is 33.0 Å². The van der Waals surface area contributed by atoms with Gasteiger partial charge in [0.1, 0.15) is 10.9 Å². The van der Waals surface area contributed by atoms with Crippen molar-refractivity contribution in [2.24, 2.45) is 5.92 Å². The molecular formula is C28H30Cl2N4O5S2. The summed E-state index contributed by atoms with van der Waals surface area (Å²) in [5, 5.41) is 3.90. The molecule has 2 aliphatic rings. The first-order chi connectivity index (χ1) is 19.3. The second kappa shape index (κ2) is 11.2. The standard InChI is InChI=1S/C28H30Cl2N4O5S2/c1-16(2)11-19(32-26(36)21-12-17-7-4-5-9-20(17)40-21)27(37)34-14-23-28(34,3)15-33(23)24(35)13-31-41(38,39)22-10-6-8-18(29)25(22)30/h4-10,12,16,19,23,31H,11,13-15H2,1-3H3,(H,32,36)/t19?,23-,28?/m1/s1. The number of amides is 3. The number of fused-ring (bicyclic) bond motifs is 2. The van der Waals surface area contributed by atoms with Gasteiger partial charge in [-0.15, -0.1) is 11.3 Å². The lowest BCUT2D eigenvalue weighted by molar-refractivity contribution is -0.205. The highest BCUT2D eigenvalue weighted by atomic mass is 35.5. The molecule has 2 N–H and O–H groups in total. The number of likely N-dealkylation sites (tertiary alicyclic amines) is 2. The van der Waals surface area contributed by atoms with Crippen LogP contribution in [0.4, 0.5) is 0 Å². The first kappa shape index (κ1) is 29.8. The van der Waals surface area contributed by atoms with Crippen molar-refractivity contribution < 1.29 is 22.8 Å². The van der Waals surface area contributed by atoms with Crippen molar-refractivity contribution in [1.29, 1.82) is 0 Å². The predicted octanol–water partition coefficient (Wildman–Crippen LogP) is 4.14. The Morgan fingerprint density at radius 1 is 1.12 bits per heavy atom. The van der Waals surface area contributed by atoms with Gasteiger partial charge in [-0.3, -0.25) is 14.4 Å². The molecule has 2 fully saturated rings. The molecule has 5 rings (SSSR count). The molecular weight excluding hydrogens is 607 g/mol. The minimum atomic E-state index is -4.06. The number of hydrogen-bond acceptors (Lipinski definition) is 6. The molecule has 1 aromatic heterocycles. The number of hydrogen-bond donors (Lipinski definition) is 2. The van der Waals surface area contributed by atoms with E-state index in [0.29, 0.717) is 17.8 Å². The second-order valence-corrected chi connectivity index (χ2v) is 14.6. The monoisotopic (exact) mass is 636 g/mol. The molecule has 2 unspecified atom stereocenters. The summed E-state index contributed by atoms with van der Waals surface area (Å²) in [7, 11) is -4.06. The summed E-state index contributed by atoms with van der Waals surface area (Å²) in [6.07, 6.45) is 0.475. The largest absolute Gasteiger partial charge is 0.340 e. The molecule has 0 aliphatic carbocycles. The lowest BCUT2D eigenvalue weighted by atomic mass is 9.71. The number of carbonyl (C=O) groups excluding carboxylic acids is 3. The molecule has 9 nitrogen and oxygen atoms in total. The lowest BCUT2D eigenvalue weighted by Gasteiger charge is -2.69. The predicted molar refractivity (Wildman–Crippen MR) is 160 cm³/mol. The van der Waals surface area contributed by atoms with Crippen molar-refractivity contribution in [3.05, 3.63) is 63.5 Å². The Morgan fingerprint density at radius 2 is 1.85 bits per heavy atom. The fourth-order valence-corrected chi connectivity index (χ4v) is 8.15. The number of nitrogens with one attached hydrogen (secondary N) is 2. The number of sulfonamides is 1. The quantitative estimate of drug-likeness (QED) is 0.366. The number of rotatable bonds is 9. The summed E-state index contributed by atoms with van der Waals surface area (Å²) < 4.78 is 28.7. The molecule has 2 aliphatic heterocycles. The van der Waals surface area contributed by atoms with Crippen molar-refractivity contribution in [2.75, 3.05) is 19.6 Å². The zero-order valence-electron chi connectivity index (χ0n) is 22.7. The number of piperazine rings is 1. The summed E-state index contributed by atoms with van der Waals surface area (Å²) in [5.41, 5.74) is -0.584. The average molecular weight is 638 g/mol. The van der Waals surface area contributed by atoms with Gasteiger partial charge in [0.15, 0.2) is 0 Å². The van der Waals surface area contributed by atoms with Crippen LogP contribution in [0.25, 0.3) is 10.1 Å². The van der Waals surface area contributed by atoms with Crippen LogP contribution in [-0.2, 0) is 19.6 Å². The molecule has 3 heterocycles. The van der Waals surface area contributed by atoms with Gasteiger partial charge in [-0.25, -0.2) is 13.1 Å². The molecule has 13 heteroatoms. The number of carbonyl (C=O) groups is 3. The molecule has 0 radical (unpaired) electrons. The van der Waals surface area contributed by atoms with Gasteiger partial charge in [-0.2, -0.15) is 0 Å². The van der Waals surface area contributed by atoms with Gasteiger partial charge in [0.2, 0.25) is 21.8 Å². The average Bonchev–Trinajstić information content (AvgIpc) is 3.36. The van der Waals surface area contributed by atoms with E-state index in [1.807, 2.05) is 51.1 Å². The van der Waals surface area contributed by atoms with E-state index in [4.69, 9.17) is 23.2 Å². The first-order valence-electron chi connectivity index (χ1n) is 13.2. The summed E-state index contributed by atoms with van der Waals surface area (Å²) in [5.74, 6) is -0.713. The number of halogens is 2. The Hall–Kier alpha value is -2.70. The topological polar surface area (TPSA) is 116 Å². The smallest absolute Gasteiger partial charge is 0.262 e. The van der Waals surface area contributed by atoms with E-state index in [1.54, 1.807) is 9.80 Å². The van der Waals surface area contributed by atoms with E-state index in [-0.39, 0.29) is 45.3 Å². The molecule has 0 saturated carbocycles. The van der Waals surface area contributed by atoms with Crippen molar-refractivity contribution in [3.63, 3.8) is 0 Å². The van der Waals surface area contributed by atoms with Crippen molar-refractivity contribution in [1.82, 2.24) is 19.8 Å². The highest BCUT2D eigenvalue weighted by molar-refractivity contribution is 7.89. The third-order valence-electron chi connectivity index (χ3n) is 7.72. The summed E-state index contributed by atoms with van der Waals surface area (Å²) in [6.45, 7) is 6.01. The highest BCUT2D eigenvalue weighted by Gasteiger charge is 2.64. The van der Waals surface area contributed by atoms with Crippen LogP contribution in [-0.4, -0.2) is 73.2 Å². The van der Waals surface area contributed by atoms with Gasteiger partial charge >= 0.3 is 0 Å². The van der Waals surface area contributed by atoms with Crippen LogP contribution >= 0.6 is 34.5 Å². The van der Waals surface area contributed by atoms with E-state index in [9.17, 15) is 22.8 Å². The van der Waals surface area contributed by atoms with Crippen LogP contribution in [0.15, 0.2) is 53.4 Å². The molecule has 0 spiro atoms. The molecule has 41 heavy (non-hydrogen) atoms. The Kier molecular flexibility index (Phi) is 8.12. The van der Waals surface area contributed by atoms with Crippen LogP contribution in [0.2, 0.25) is 10.0 Å². The Balaban J connectivity index is 1.21. The van der Waals surface area contributed by atoms with E-state index >= 15 is 0 Å². The normalized spacial score (nSPS) is 20.8. The Morgan fingerprint density at radius 3 is 2.51 bits per heavy atom.